The number of aromatic carboxylic acids is 1. The van der Waals surface area contributed by atoms with Crippen molar-refractivity contribution in [2.24, 2.45) is 0 Å². The first kappa shape index (κ1) is 23.5. The molecule has 0 spiro atoms. The van der Waals surface area contributed by atoms with Gasteiger partial charge in [-0.3, -0.25) is 4.57 Å². The normalized spacial score (nSPS) is 11.6. The number of carbonyl (C=O) groups is 1. The summed E-state index contributed by atoms with van der Waals surface area (Å²) < 4.78 is 3.36. The van der Waals surface area contributed by atoms with E-state index in [1.807, 2.05) is 57.2 Å². The second-order valence-electron chi connectivity index (χ2n) is 9.23. The monoisotopic (exact) mass is 435 g/mol. The highest BCUT2D eigenvalue weighted by molar-refractivity contribution is 5.95. The van der Waals surface area contributed by atoms with Gasteiger partial charge < -0.3 is 5.11 Å². The number of benzene rings is 2. The van der Waals surface area contributed by atoms with Gasteiger partial charge in [0.2, 0.25) is 0 Å². The van der Waals surface area contributed by atoms with Crippen LogP contribution < -0.4 is 5.69 Å². The molecule has 3 rings (SSSR count). The molecule has 6 heteroatoms. The standard InChI is InChI=1S/C26H33N3O3/c1-5-6-7-8-13-23-27-29(26(2,3)4)25(32)28(23)18-19-14-16-20(17-15-19)21-11-9-10-12-22(21)24(30)31/h9-12,14-17H,5-8,13,18H2,1-4H3,(H,30,31). The van der Waals surface area contributed by atoms with E-state index in [4.69, 9.17) is 0 Å². The molecule has 170 valence electrons. The number of rotatable bonds is 9. The van der Waals surface area contributed by atoms with Crippen LogP contribution in [-0.2, 0) is 18.5 Å². The molecule has 0 bridgehead atoms. The maximum Gasteiger partial charge on any atom is 0.346 e. The molecule has 2 aromatic carbocycles. The fraction of sp³-hybridized carbons (Fsp3) is 0.423. The maximum atomic E-state index is 13.1. The molecule has 0 amide bonds. The first-order valence-electron chi connectivity index (χ1n) is 11.3. The Kier molecular flexibility index (Phi) is 7.33. The largest absolute Gasteiger partial charge is 0.478 e. The van der Waals surface area contributed by atoms with Gasteiger partial charge in [-0.2, -0.15) is 5.10 Å². The van der Waals surface area contributed by atoms with E-state index < -0.39 is 5.97 Å². The Morgan fingerprint density at radius 1 is 1.00 bits per heavy atom. The third-order valence-electron chi connectivity index (χ3n) is 5.59. The van der Waals surface area contributed by atoms with E-state index in [9.17, 15) is 14.7 Å². The van der Waals surface area contributed by atoms with Crippen LogP contribution in [0.3, 0.4) is 0 Å². The lowest BCUT2D eigenvalue weighted by atomic mass is 9.99. The van der Waals surface area contributed by atoms with Gasteiger partial charge in [-0.1, -0.05) is 68.7 Å². The minimum atomic E-state index is -0.946. The van der Waals surface area contributed by atoms with E-state index >= 15 is 0 Å². The molecule has 0 aliphatic rings. The van der Waals surface area contributed by atoms with Crippen molar-refractivity contribution in [2.75, 3.05) is 0 Å². The molecule has 0 aliphatic heterocycles. The zero-order valence-electron chi connectivity index (χ0n) is 19.5. The Morgan fingerprint density at radius 3 is 2.31 bits per heavy atom. The predicted molar refractivity (Wildman–Crippen MR) is 127 cm³/mol. The van der Waals surface area contributed by atoms with Gasteiger partial charge >= 0.3 is 11.7 Å². The van der Waals surface area contributed by atoms with E-state index in [-0.39, 0.29) is 16.8 Å². The topological polar surface area (TPSA) is 77.1 Å². The van der Waals surface area contributed by atoms with Crippen LogP contribution in [0.15, 0.2) is 53.3 Å². The third-order valence-corrected chi connectivity index (χ3v) is 5.59. The van der Waals surface area contributed by atoms with Crippen LogP contribution in [0.1, 0.15) is 75.1 Å². The number of nitrogens with zero attached hydrogens (tertiary/aromatic N) is 3. The van der Waals surface area contributed by atoms with Crippen molar-refractivity contribution in [3.63, 3.8) is 0 Å². The fourth-order valence-electron chi connectivity index (χ4n) is 3.82. The molecule has 0 saturated heterocycles. The van der Waals surface area contributed by atoms with Gasteiger partial charge in [-0.05, 0) is 49.9 Å². The van der Waals surface area contributed by atoms with Gasteiger partial charge in [0.25, 0.3) is 0 Å². The number of aryl methyl sites for hydroxylation is 1. The Balaban J connectivity index is 1.89. The van der Waals surface area contributed by atoms with Crippen molar-refractivity contribution in [2.45, 2.75) is 71.9 Å². The number of carboxylic acid groups (broad SMARTS) is 1. The Bertz CT molecular complexity index is 1120. The third kappa shape index (κ3) is 5.36. The SMILES string of the molecule is CCCCCCc1nn(C(C)(C)C)c(=O)n1Cc1ccc(-c2ccccc2C(=O)O)cc1. The molecule has 0 fully saturated rings. The predicted octanol–water partition coefficient (Wildman–Crippen LogP) is 5.34. The zero-order valence-corrected chi connectivity index (χ0v) is 19.5. The second kappa shape index (κ2) is 9.98. The molecule has 0 saturated carbocycles. The van der Waals surface area contributed by atoms with Crippen LogP contribution in [0, 0.1) is 0 Å². The van der Waals surface area contributed by atoms with E-state index in [1.54, 1.807) is 21.4 Å². The number of unbranched alkanes of at least 4 members (excludes halogenated alkanes) is 3. The van der Waals surface area contributed by atoms with E-state index in [1.165, 1.54) is 12.8 Å². The number of carboxylic acids is 1. The lowest BCUT2D eigenvalue weighted by molar-refractivity contribution is 0.0697. The summed E-state index contributed by atoms with van der Waals surface area (Å²) in [5.41, 5.74) is 2.29. The molecule has 0 atom stereocenters. The minimum absolute atomic E-state index is 0.0942. The molecule has 1 aromatic heterocycles. The van der Waals surface area contributed by atoms with Crippen LogP contribution >= 0.6 is 0 Å². The molecule has 1 N–H and O–H groups in total. The van der Waals surface area contributed by atoms with Crippen molar-refractivity contribution in [3.05, 3.63) is 76.0 Å². The van der Waals surface area contributed by atoms with Crippen LogP contribution in [0.4, 0.5) is 0 Å². The summed E-state index contributed by atoms with van der Waals surface area (Å²) in [6, 6.07) is 14.7. The van der Waals surface area contributed by atoms with Gasteiger partial charge in [0.1, 0.15) is 5.82 Å². The van der Waals surface area contributed by atoms with Crippen LogP contribution in [-0.4, -0.2) is 25.4 Å². The first-order chi connectivity index (χ1) is 15.2. The summed E-state index contributed by atoms with van der Waals surface area (Å²) in [6.45, 7) is 8.59. The van der Waals surface area contributed by atoms with Gasteiger partial charge in [0.05, 0.1) is 17.6 Å². The molecular formula is C26H33N3O3. The molecule has 0 aliphatic carbocycles. The highest BCUT2D eigenvalue weighted by Crippen LogP contribution is 2.24. The van der Waals surface area contributed by atoms with Gasteiger partial charge in [-0.25, -0.2) is 14.3 Å². The summed E-state index contributed by atoms with van der Waals surface area (Å²) in [7, 11) is 0. The van der Waals surface area contributed by atoms with Gasteiger partial charge in [0.15, 0.2) is 0 Å². The summed E-state index contributed by atoms with van der Waals surface area (Å²) in [6.07, 6.45) is 5.27. The minimum Gasteiger partial charge on any atom is -0.478 e. The summed E-state index contributed by atoms with van der Waals surface area (Å²) in [5.74, 6) is -0.125. The zero-order chi connectivity index (χ0) is 23.3. The quantitative estimate of drug-likeness (QED) is 0.461. The van der Waals surface area contributed by atoms with Crippen molar-refractivity contribution in [3.8, 4) is 11.1 Å². The molecule has 32 heavy (non-hydrogen) atoms. The van der Waals surface area contributed by atoms with Crippen molar-refractivity contribution in [1.29, 1.82) is 0 Å². The Morgan fingerprint density at radius 2 is 1.69 bits per heavy atom. The Labute approximate surface area is 189 Å². The average Bonchev–Trinajstić information content (AvgIpc) is 3.07. The molecule has 6 nitrogen and oxygen atoms in total. The molecule has 1 heterocycles. The number of hydrogen-bond donors (Lipinski definition) is 1. The van der Waals surface area contributed by atoms with Crippen LogP contribution in [0.5, 0.6) is 0 Å². The maximum absolute atomic E-state index is 13.1. The number of aromatic nitrogens is 3. The first-order valence-corrected chi connectivity index (χ1v) is 11.3. The van der Waals surface area contributed by atoms with Crippen molar-refractivity contribution >= 4 is 5.97 Å². The summed E-state index contributed by atoms with van der Waals surface area (Å²) >= 11 is 0. The molecule has 0 unspecified atom stereocenters. The molecule has 0 radical (unpaired) electrons. The summed E-state index contributed by atoms with van der Waals surface area (Å²) in [5, 5.41) is 14.1. The second-order valence-corrected chi connectivity index (χ2v) is 9.23. The smallest absolute Gasteiger partial charge is 0.346 e. The highest BCUT2D eigenvalue weighted by atomic mass is 16.4. The van der Waals surface area contributed by atoms with E-state index in [0.29, 0.717) is 12.1 Å². The van der Waals surface area contributed by atoms with Gasteiger partial charge in [0, 0.05) is 6.42 Å². The van der Waals surface area contributed by atoms with Gasteiger partial charge in [-0.15, -0.1) is 0 Å². The average molecular weight is 436 g/mol. The molecule has 3 aromatic rings. The van der Waals surface area contributed by atoms with Crippen molar-refractivity contribution in [1.82, 2.24) is 14.3 Å². The lowest BCUT2D eigenvalue weighted by Gasteiger charge is -2.16. The van der Waals surface area contributed by atoms with E-state index in [0.717, 1.165) is 36.2 Å². The van der Waals surface area contributed by atoms with Crippen LogP contribution in [0.25, 0.3) is 11.1 Å². The summed E-state index contributed by atoms with van der Waals surface area (Å²) in [4.78, 5) is 24.7. The highest BCUT2D eigenvalue weighted by Gasteiger charge is 2.22. The van der Waals surface area contributed by atoms with E-state index in [2.05, 4.69) is 12.0 Å². The number of hydrogen-bond acceptors (Lipinski definition) is 3. The van der Waals surface area contributed by atoms with Crippen LogP contribution in [0.2, 0.25) is 0 Å². The Hall–Kier alpha value is -3.15. The molecular weight excluding hydrogens is 402 g/mol. The fourth-order valence-corrected chi connectivity index (χ4v) is 3.82. The lowest BCUT2D eigenvalue weighted by Crippen LogP contribution is -2.36. The van der Waals surface area contributed by atoms with Crippen molar-refractivity contribution < 1.29 is 9.90 Å².